The lowest BCUT2D eigenvalue weighted by Gasteiger charge is -2.28. The minimum atomic E-state index is -3.27. The molecule has 0 radical (unpaired) electrons. The lowest BCUT2D eigenvalue weighted by atomic mass is 10.2. The van der Waals surface area contributed by atoms with Crippen LogP contribution in [0.4, 0.5) is 4.39 Å². The molecule has 0 bridgehead atoms. The Morgan fingerprint density at radius 1 is 1.48 bits per heavy atom. The quantitative estimate of drug-likeness (QED) is 0.832. The largest absolute Gasteiger partial charge is 0.331 e. The van der Waals surface area contributed by atoms with Gasteiger partial charge in [0.25, 0.3) is 5.91 Å². The van der Waals surface area contributed by atoms with Crippen LogP contribution in [0.2, 0.25) is 0 Å². The standard InChI is InChI=1S/C12H17FN4O3S/c1-21(19,20)14-6-9-7-16-4-5-17(8-10(16)15-9)11(18)12(13)2-3-12/h7,14H,2-6,8H2,1H3. The number of carbonyl (C=O) groups is 1. The van der Waals surface area contributed by atoms with Crippen molar-refractivity contribution in [2.24, 2.45) is 0 Å². The van der Waals surface area contributed by atoms with Crippen LogP contribution in [0.15, 0.2) is 6.20 Å². The summed E-state index contributed by atoms with van der Waals surface area (Å²) < 4.78 is 40.2. The lowest BCUT2D eigenvalue weighted by Crippen LogP contribution is -2.43. The van der Waals surface area contributed by atoms with Gasteiger partial charge in [-0.15, -0.1) is 0 Å². The van der Waals surface area contributed by atoms with Crippen LogP contribution in [0, 0.1) is 0 Å². The molecular weight excluding hydrogens is 299 g/mol. The number of nitrogens with one attached hydrogen (secondary N) is 1. The predicted octanol–water partition coefficient (Wildman–Crippen LogP) is -0.223. The summed E-state index contributed by atoms with van der Waals surface area (Å²) >= 11 is 0. The zero-order valence-corrected chi connectivity index (χ0v) is 12.5. The van der Waals surface area contributed by atoms with Crippen molar-refractivity contribution in [2.75, 3.05) is 12.8 Å². The zero-order chi connectivity index (χ0) is 15.3. The second-order valence-corrected chi connectivity index (χ2v) is 7.46. The number of fused-ring (bicyclic) bond motifs is 1. The van der Waals surface area contributed by atoms with E-state index in [4.69, 9.17) is 0 Å². The first-order valence-electron chi connectivity index (χ1n) is 6.75. The molecule has 1 amide bonds. The molecule has 0 unspecified atom stereocenters. The Morgan fingerprint density at radius 2 is 2.19 bits per heavy atom. The third-order valence-corrected chi connectivity index (χ3v) is 4.40. The molecule has 2 aliphatic rings. The first-order chi connectivity index (χ1) is 9.77. The number of aromatic nitrogens is 2. The Hall–Kier alpha value is -1.48. The van der Waals surface area contributed by atoms with Crippen LogP contribution in [-0.2, 0) is 34.5 Å². The van der Waals surface area contributed by atoms with E-state index in [1.54, 1.807) is 6.20 Å². The molecule has 1 aromatic heterocycles. The number of rotatable bonds is 4. The number of nitrogens with zero attached hydrogens (tertiary/aromatic N) is 3. The van der Waals surface area contributed by atoms with Gasteiger partial charge in [-0.3, -0.25) is 4.79 Å². The van der Waals surface area contributed by atoms with E-state index in [0.717, 1.165) is 6.26 Å². The molecule has 0 spiro atoms. The molecule has 21 heavy (non-hydrogen) atoms. The maximum absolute atomic E-state index is 13.8. The highest BCUT2D eigenvalue weighted by molar-refractivity contribution is 7.88. The minimum Gasteiger partial charge on any atom is -0.331 e. The maximum Gasteiger partial charge on any atom is 0.260 e. The molecule has 3 rings (SSSR count). The van der Waals surface area contributed by atoms with Gasteiger partial charge in [-0.1, -0.05) is 0 Å². The molecule has 1 aliphatic heterocycles. The average molecular weight is 316 g/mol. The molecule has 0 saturated heterocycles. The molecule has 0 atom stereocenters. The smallest absolute Gasteiger partial charge is 0.260 e. The van der Waals surface area contributed by atoms with E-state index in [1.807, 2.05) is 4.57 Å². The zero-order valence-electron chi connectivity index (χ0n) is 11.7. The Balaban J connectivity index is 1.69. The summed E-state index contributed by atoms with van der Waals surface area (Å²) in [6.07, 6.45) is 3.46. The Morgan fingerprint density at radius 3 is 2.81 bits per heavy atom. The highest BCUT2D eigenvalue weighted by atomic mass is 32.2. The van der Waals surface area contributed by atoms with Crippen LogP contribution in [-0.4, -0.2) is 47.2 Å². The molecule has 1 aliphatic carbocycles. The summed E-state index contributed by atoms with van der Waals surface area (Å²) in [5, 5.41) is 0. The van der Waals surface area contributed by atoms with Gasteiger partial charge < -0.3 is 9.47 Å². The van der Waals surface area contributed by atoms with E-state index in [-0.39, 0.29) is 13.1 Å². The fourth-order valence-corrected chi connectivity index (χ4v) is 2.79. The first kappa shape index (κ1) is 14.5. The van der Waals surface area contributed by atoms with Crippen molar-refractivity contribution in [1.82, 2.24) is 19.2 Å². The Kier molecular flexibility index (Phi) is 3.28. The van der Waals surface area contributed by atoms with E-state index in [0.29, 0.717) is 37.4 Å². The molecule has 7 nitrogen and oxygen atoms in total. The van der Waals surface area contributed by atoms with Crippen LogP contribution < -0.4 is 4.72 Å². The fraction of sp³-hybridized carbons (Fsp3) is 0.667. The number of alkyl halides is 1. The number of sulfonamides is 1. The van der Waals surface area contributed by atoms with Crippen molar-refractivity contribution in [3.8, 4) is 0 Å². The molecule has 1 saturated carbocycles. The van der Waals surface area contributed by atoms with Gasteiger partial charge >= 0.3 is 0 Å². The molecule has 2 heterocycles. The minimum absolute atomic E-state index is 0.111. The fourth-order valence-electron chi connectivity index (χ4n) is 2.38. The van der Waals surface area contributed by atoms with Crippen molar-refractivity contribution in [1.29, 1.82) is 0 Å². The summed E-state index contributed by atoms with van der Waals surface area (Å²) in [7, 11) is -3.27. The van der Waals surface area contributed by atoms with Crippen molar-refractivity contribution < 1.29 is 17.6 Å². The van der Waals surface area contributed by atoms with E-state index in [2.05, 4.69) is 9.71 Å². The number of amides is 1. The van der Waals surface area contributed by atoms with Gasteiger partial charge in [-0.2, -0.15) is 0 Å². The van der Waals surface area contributed by atoms with Gasteiger partial charge in [0.1, 0.15) is 5.82 Å². The highest BCUT2D eigenvalue weighted by Crippen LogP contribution is 2.41. The maximum atomic E-state index is 13.8. The van der Waals surface area contributed by atoms with Crippen LogP contribution in [0.5, 0.6) is 0 Å². The monoisotopic (exact) mass is 316 g/mol. The lowest BCUT2D eigenvalue weighted by molar-refractivity contribution is -0.139. The highest BCUT2D eigenvalue weighted by Gasteiger charge is 2.53. The molecule has 1 aromatic rings. The van der Waals surface area contributed by atoms with Crippen LogP contribution in [0.25, 0.3) is 0 Å². The van der Waals surface area contributed by atoms with Crippen molar-refractivity contribution in [3.63, 3.8) is 0 Å². The number of imidazole rings is 1. The molecular formula is C12H17FN4O3S. The number of hydrogen-bond acceptors (Lipinski definition) is 4. The van der Waals surface area contributed by atoms with Gasteiger partial charge in [0.05, 0.1) is 25.0 Å². The van der Waals surface area contributed by atoms with Crippen molar-refractivity contribution in [2.45, 2.75) is 38.1 Å². The van der Waals surface area contributed by atoms with Gasteiger partial charge in [0.2, 0.25) is 10.0 Å². The van der Waals surface area contributed by atoms with Crippen molar-refractivity contribution >= 4 is 15.9 Å². The summed E-state index contributed by atoms with van der Waals surface area (Å²) in [5.41, 5.74) is -1.07. The second-order valence-electron chi connectivity index (χ2n) is 5.63. The predicted molar refractivity (Wildman–Crippen MR) is 72.4 cm³/mol. The Labute approximate surface area is 122 Å². The van der Waals surface area contributed by atoms with Gasteiger partial charge in [-0.05, 0) is 12.8 Å². The van der Waals surface area contributed by atoms with Gasteiger partial charge in [0.15, 0.2) is 5.67 Å². The molecule has 9 heteroatoms. The molecule has 1 fully saturated rings. The Bertz CT molecular complexity index is 681. The molecule has 116 valence electrons. The second kappa shape index (κ2) is 4.77. The third kappa shape index (κ3) is 3.08. The van der Waals surface area contributed by atoms with Crippen LogP contribution in [0.1, 0.15) is 24.4 Å². The number of hydrogen-bond donors (Lipinski definition) is 1. The van der Waals surface area contributed by atoms with Crippen LogP contribution >= 0.6 is 0 Å². The molecule has 0 aromatic carbocycles. The normalized spacial score (nSPS) is 20.2. The summed E-state index contributed by atoms with van der Waals surface area (Å²) in [6, 6.07) is 0. The summed E-state index contributed by atoms with van der Waals surface area (Å²) in [4.78, 5) is 17.8. The van der Waals surface area contributed by atoms with E-state index >= 15 is 0 Å². The number of halogens is 1. The topological polar surface area (TPSA) is 84.3 Å². The van der Waals surface area contributed by atoms with E-state index in [9.17, 15) is 17.6 Å². The van der Waals surface area contributed by atoms with E-state index < -0.39 is 21.6 Å². The SMILES string of the molecule is CS(=O)(=O)NCc1cn2c(n1)CN(C(=O)C1(F)CC1)CC2. The van der Waals surface area contributed by atoms with E-state index in [1.165, 1.54) is 4.90 Å². The van der Waals surface area contributed by atoms with Gasteiger partial charge in [0, 0.05) is 19.3 Å². The first-order valence-corrected chi connectivity index (χ1v) is 8.64. The summed E-state index contributed by atoms with van der Waals surface area (Å²) in [6.45, 7) is 1.37. The molecule has 1 N–H and O–H groups in total. The van der Waals surface area contributed by atoms with Crippen LogP contribution in [0.3, 0.4) is 0 Å². The van der Waals surface area contributed by atoms with Crippen molar-refractivity contribution in [3.05, 3.63) is 17.7 Å². The van der Waals surface area contributed by atoms with Gasteiger partial charge in [-0.25, -0.2) is 22.5 Å². The number of carbonyl (C=O) groups excluding carboxylic acids is 1. The average Bonchev–Trinajstić information content (AvgIpc) is 3.02. The third-order valence-electron chi connectivity index (χ3n) is 3.73. The summed E-state index contributed by atoms with van der Waals surface area (Å²) in [5.74, 6) is 0.205.